The Hall–Kier alpha value is -1.54. The van der Waals surface area contributed by atoms with Gasteiger partial charge in [0, 0.05) is 31.2 Å². The van der Waals surface area contributed by atoms with Crippen molar-refractivity contribution in [1.29, 1.82) is 0 Å². The number of rotatable bonds is 2. The van der Waals surface area contributed by atoms with Crippen LogP contribution in [-0.2, 0) is 4.74 Å². The Labute approximate surface area is 128 Å². The fourth-order valence-electron chi connectivity index (χ4n) is 3.16. The molecule has 2 heteroatoms. The van der Waals surface area contributed by atoms with Gasteiger partial charge in [-0.2, -0.15) is 0 Å². The molecule has 0 amide bonds. The summed E-state index contributed by atoms with van der Waals surface area (Å²) in [5.41, 5.74) is 5.70. The van der Waals surface area contributed by atoms with E-state index in [0.717, 1.165) is 32.5 Å². The zero-order valence-corrected chi connectivity index (χ0v) is 13.4. The molecule has 112 valence electrons. The molecule has 21 heavy (non-hydrogen) atoms. The van der Waals surface area contributed by atoms with Crippen molar-refractivity contribution in [2.75, 3.05) is 13.2 Å². The Morgan fingerprint density at radius 3 is 2.33 bits per heavy atom. The van der Waals surface area contributed by atoms with Gasteiger partial charge in [0.2, 0.25) is 0 Å². The average Bonchev–Trinajstić information content (AvgIpc) is 2.48. The molecular weight excluding hydrogens is 258 g/mol. The first kappa shape index (κ1) is 14.4. The Balaban J connectivity index is 1.90. The highest BCUT2D eigenvalue weighted by Crippen LogP contribution is 2.35. The van der Waals surface area contributed by atoms with Gasteiger partial charge in [0.05, 0.1) is 0 Å². The van der Waals surface area contributed by atoms with Crippen molar-refractivity contribution in [2.45, 2.75) is 45.6 Å². The summed E-state index contributed by atoms with van der Waals surface area (Å²) in [5, 5.41) is 0. The van der Waals surface area contributed by atoms with Crippen molar-refractivity contribution in [3.63, 3.8) is 0 Å². The van der Waals surface area contributed by atoms with Crippen LogP contribution in [0.4, 0.5) is 0 Å². The summed E-state index contributed by atoms with van der Waals surface area (Å²) in [6.07, 6.45) is 7.90. The number of nitrogens with zero attached hydrogens (tertiary/aromatic N) is 1. The second-order valence-electron chi connectivity index (χ2n) is 6.69. The zero-order chi connectivity index (χ0) is 14.9. The minimum atomic E-state index is 0.190. The SMILES string of the molecule is CC1=CN(C2(C)CCOCC2)C=C(c2ccc(C)cc2)C1. The third-order valence-corrected chi connectivity index (χ3v) is 4.74. The predicted octanol–water partition coefficient (Wildman–Crippen LogP) is 4.51. The van der Waals surface area contributed by atoms with Gasteiger partial charge in [-0.3, -0.25) is 0 Å². The van der Waals surface area contributed by atoms with Crippen molar-refractivity contribution in [3.8, 4) is 0 Å². The first-order valence-electron chi connectivity index (χ1n) is 7.88. The topological polar surface area (TPSA) is 12.5 Å². The van der Waals surface area contributed by atoms with Crippen LogP contribution < -0.4 is 0 Å². The molecule has 0 aromatic heterocycles. The van der Waals surface area contributed by atoms with E-state index in [4.69, 9.17) is 4.74 Å². The number of aryl methyl sites for hydroxylation is 1. The fraction of sp³-hybridized carbons (Fsp3) is 0.474. The molecular formula is C19H25NO. The largest absolute Gasteiger partial charge is 0.381 e. The minimum absolute atomic E-state index is 0.190. The van der Waals surface area contributed by atoms with E-state index in [1.807, 2.05) is 0 Å². The van der Waals surface area contributed by atoms with Gasteiger partial charge in [0.25, 0.3) is 0 Å². The molecule has 2 heterocycles. The average molecular weight is 283 g/mol. The molecule has 0 N–H and O–H groups in total. The van der Waals surface area contributed by atoms with Gasteiger partial charge in [-0.25, -0.2) is 0 Å². The van der Waals surface area contributed by atoms with Gasteiger partial charge >= 0.3 is 0 Å². The molecule has 0 atom stereocenters. The van der Waals surface area contributed by atoms with Crippen molar-refractivity contribution in [1.82, 2.24) is 4.90 Å². The minimum Gasteiger partial charge on any atom is -0.381 e. The lowest BCUT2D eigenvalue weighted by molar-refractivity contribution is 0.0160. The lowest BCUT2D eigenvalue weighted by Gasteiger charge is -2.43. The molecule has 0 saturated carbocycles. The molecule has 1 fully saturated rings. The fourth-order valence-corrected chi connectivity index (χ4v) is 3.16. The standard InChI is InChI=1S/C19H25NO/c1-15-4-6-17(7-5-15)18-12-16(2)13-20(14-18)19(3)8-10-21-11-9-19/h4-7,13-14H,8-12H2,1-3H3. The van der Waals surface area contributed by atoms with Crippen LogP contribution in [0.2, 0.25) is 0 Å². The van der Waals surface area contributed by atoms with Crippen LogP contribution in [0.3, 0.4) is 0 Å². The van der Waals surface area contributed by atoms with Gasteiger partial charge in [0.1, 0.15) is 0 Å². The summed E-state index contributed by atoms with van der Waals surface area (Å²) < 4.78 is 5.54. The molecule has 0 radical (unpaired) electrons. The molecule has 1 saturated heterocycles. The smallest absolute Gasteiger partial charge is 0.0488 e. The molecule has 2 aliphatic rings. The second kappa shape index (κ2) is 5.69. The van der Waals surface area contributed by atoms with Crippen LogP contribution in [0.5, 0.6) is 0 Å². The molecule has 2 nitrogen and oxygen atoms in total. The van der Waals surface area contributed by atoms with E-state index in [-0.39, 0.29) is 5.54 Å². The predicted molar refractivity (Wildman–Crippen MR) is 87.8 cm³/mol. The maximum Gasteiger partial charge on any atom is 0.0488 e. The van der Waals surface area contributed by atoms with Gasteiger partial charge in [-0.1, -0.05) is 35.4 Å². The summed E-state index contributed by atoms with van der Waals surface area (Å²) in [6.45, 7) is 8.46. The van der Waals surface area contributed by atoms with Crippen LogP contribution in [0, 0.1) is 6.92 Å². The quantitative estimate of drug-likeness (QED) is 0.791. The molecule has 1 aromatic rings. The van der Waals surface area contributed by atoms with Crippen LogP contribution in [0.25, 0.3) is 5.57 Å². The van der Waals surface area contributed by atoms with Crippen molar-refractivity contribution >= 4 is 5.57 Å². The maximum atomic E-state index is 5.54. The van der Waals surface area contributed by atoms with Gasteiger partial charge in [0.15, 0.2) is 0 Å². The molecule has 0 bridgehead atoms. The van der Waals surface area contributed by atoms with Gasteiger partial charge < -0.3 is 9.64 Å². The van der Waals surface area contributed by atoms with Gasteiger partial charge in [-0.05, 0) is 51.2 Å². The highest BCUT2D eigenvalue weighted by atomic mass is 16.5. The monoisotopic (exact) mass is 283 g/mol. The van der Waals surface area contributed by atoms with E-state index in [0.29, 0.717) is 0 Å². The number of hydrogen-bond donors (Lipinski definition) is 0. The third kappa shape index (κ3) is 3.06. The molecule has 0 unspecified atom stereocenters. The number of ether oxygens (including phenoxy) is 1. The van der Waals surface area contributed by atoms with Crippen LogP contribution in [0.15, 0.2) is 42.2 Å². The second-order valence-corrected chi connectivity index (χ2v) is 6.69. The number of allylic oxidation sites excluding steroid dienone is 2. The first-order chi connectivity index (χ1) is 10.1. The number of benzene rings is 1. The van der Waals surface area contributed by atoms with E-state index in [1.165, 1.54) is 22.3 Å². The van der Waals surface area contributed by atoms with Crippen molar-refractivity contribution in [3.05, 3.63) is 53.4 Å². The highest BCUT2D eigenvalue weighted by Gasteiger charge is 2.33. The number of hydrogen-bond acceptors (Lipinski definition) is 2. The van der Waals surface area contributed by atoms with Crippen LogP contribution in [-0.4, -0.2) is 23.7 Å². The third-order valence-electron chi connectivity index (χ3n) is 4.74. The lowest BCUT2D eigenvalue weighted by atomic mass is 9.88. The Kier molecular flexibility index (Phi) is 3.90. The highest BCUT2D eigenvalue weighted by molar-refractivity contribution is 5.68. The summed E-state index contributed by atoms with van der Waals surface area (Å²) in [7, 11) is 0. The van der Waals surface area contributed by atoms with E-state index in [2.05, 4.69) is 62.3 Å². The summed E-state index contributed by atoms with van der Waals surface area (Å²) >= 11 is 0. The van der Waals surface area contributed by atoms with E-state index in [1.54, 1.807) is 0 Å². The molecule has 1 aromatic carbocycles. The maximum absolute atomic E-state index is 5.54. The Morgan fingerprint density at radius 1 is 1.00 bits per heavy atom. The van der Waals surface area contributed by atoms with Crippen molar-refractivity contribution < 1.29 is 4.74 Å². The van der Waals surface area contributed by atoms with Crippen LogP contribution >= 0.6 is 0 Å². The van der Waals surface area contributed by atoms with E-state index < -0.39 is 0 Å². The summed E-state index contributed by atoms with van der Waals surface area (Å²) in [4.78, 5) is 2.43. The van der Waals surface area contributed by atoms with Crippen molar-refractivity contribution in [2.24, 2.45) is 0 Å². The molecule has 3 rings (SSSR count). The van der Waals surface area contributed by atoms with Gasteiger partial charge in [-0.15, -0.1) is 0 Å². The first-order valence-corrected chi connectivity index (χ1v) is 7.88. The van der Waals surface area contributed by atoms with E-state index in [9.17, 15) is 0 Å². The summed E-state index contributed by atoms with van der Waals surface area (Å²) in [6, 6.07) is 8.88. The zero-order valence-electron chi connectivity index (χ0n) is 13.4. The normalized spacial score (nSPS) is 21.8. The van der Waals surface area contributed by atoms with E-state index >= 15 is 0 Å². The molecule has 2 aliphatic heterocycles. The lowest BCUT2D eigenvalue weighted by Crippen LogP contribution is -2.45. The Morgan fingerprint density at radius 2 is 1.67 bits per heavy atom. The summed E-state index contributed by atoms with van der Waals surface area (Å²) in [5.74, 6) is 0. The molecule has 0 spiro atoms. The van der Waals surface area contributed by atoms with Crippen LogP contribution in [0.1, 0.15) is 44.2 Å². The molecule has 0 aliphatic carbocycles. The Bertz CT molecular complexity index is 562.